The SMILES string of the molecule is Cc1c(C)c2ccc3c(c2n(C)c1=O)CC(C)O3. The smallest absolute Gasteiger partial charge is 0.253 e. The molecule has 3 heteroatoms. The minimum Gasteiger partial charge on any atom is -0.490 e. The number of hydrogen-bond acceptors (Lipinski definition) is 2. The van der Waals surface area contributed by atoms with E-state index in [-0.39, 0.29) is 11.7 Å². The Kier molecular flexibility index (Phi) is 2.27. The maximum atomic E-state index is 12.2. The second-order valence-corrected chi connectivity index (χ2v) is 5.19. The summed E-state index contributed by atoms with van der Waals surface area (Å²) in [6.45, 7) is 5.97. The number of benzene rings is 1. The molecular formula is C15H17NO2. The highest BCUT2D eigenvalue weighted by Crippen LogP contribution is 2.35. The van der Waals surface area contributed by atoms with E-state index in [2.05, 4.69) is 13.0 Å². The maximum absolute atomic E-state index is 12.2. The fourth-order valence-corrected chi connectivity index (χ4v) is 2.87. The Balaban J connectivity index is 2.51. The molecule has 3 nitrogen and oxygen atoms in total. The zero-order valence-electron chi connectivity index (χ0n) is 11.2. The van der Waals surface area contributed by atoms with Gasteiger partial charge in [-0.1, -0.05) is 0 Å². The molecule has 2 aromatic rings. The lowest BCUT2D eigenvalue weighted by Gasteiger charge is -2.13. The van der Waals surface area contributed by atoms with Gasteiger partial charge in [-0.3, -0.25) is 4.79 Å². The van der Waals surface area contributed by atoms with Crippen LogP contribution < -0.4 is 10.3 Å². The molecule has 0 fully saturated rings. The molecule has 0 spiro atoms. The van der Waals surface area contributed by atoms with Gasteiger partial charge in [0.1, 0.15) is 11.9 Å². The first-order valence-electron chi connectivity index (χ1n) is 6.29. The highest BCUT2D eigenvalue weighted by Gasteiger charge is 2.23. The van der Waals surface area contributed by atoms with Crippen molar-refractivity contribution in [3.05, 3.63) is 39.2 Å². The summed E-state index contributed by atoms with van der Waals surface area (Å²) in [5.74, 6) is 0.924. The second-order valence-electron chi connectivity index (χ2n) is 5.19. The van der Waals surface area contributed by atoms with Crippen molar-refractivity contribution in [1.29, 1.82) is 0 Å². The van der Waals surface area contributed by atoms with Crippen LogP contribution in [0.3, 0.4) is 0 Å². The normalized spacial score (nSPS) is 17.9. The molecule has 1 atom stereocenters. The number of aryl methyl sites for hydroxylation is 2. The molecule has 1 aliphatic heterocycles. The molecule has 1 aromatic carbocycles. The predicted molar refractivity (Wildman–Crippen MR) is 72.5 cm³/mol. The van der Waals surface area contributed by atoms with Gasteiger partial charge in [-0.15, -0.1) is 0 Å². The Morgan fingerprint density at radius 2 is 2.00 bits per heavy atom. The maximum Gasteiger partial charge on any atom is 0.253 e. The van der Waals surface area contributed by atoms with E-state index in [1.54, 1.807) is 4.57 Å². The summed E-state index contributed by atoms with van der Waals surface area (Å²) in [5, 5.41) is 1.16. The first-order chi connectivity index (χ1) is 8.50. The minimum atomic E-state index is 0.0907. The van der Waals surface area contributed by atoms with Crippen LogP contribution in [0.5, 0.6) is 5.75 Å². The van der Waals surface area contributed by atoms with Crippen LogP contribution in [0, 0.1) is 13.8 Å². The fourth-order valence-electron chi connectivity index (χ4n) is 2.87. The molecule has 0 radical (unpaired) electrons. The Morgan fingerprint density at radius 3 is 2.72 bits per heavy atom. The van der Waals surface area contributed by atoms with Gasteiger partial charge in [-0.2, -0.15) is 0 Å². The van der Waals surface area contributed by atoms with Crippen molar-refractivity contribution >= 4 is 10.9 Å². The Morgan fingerprint density at radius 1 is 1.28 bits per heavy atom. The monoisotopic (exact) mass is 243 g/mol. The molecule has 18 heavy (non-hydrogen) atoms. The largest absolute Gasteiger partial charge is 0.490 e. The number of rotatable bonds is 0. The molecule has 2 heterocycles. The van der Waals surface area contributed by atoms with E-state index in [9.17, 15) is 4.79 Å². The molecule has 0 amide bonds. The molecule has 3 rings (SSSR count). The van der Waals surface area contributed by atoms with Crippen molar-refractivity contribution in [2.24, 2.45) is 7.05 Å². The molecule has 1 aromatic heterocycles. The molecule has 0 bridgehead atoms. The summed E-state index contributed by atoms with van der Waals surface area (Å²) in [6.07, 6.45) is 1.07. The van der Waals surface area contributed by atoms with Gasteiger partial charge in [0, 0.05) is 30.0 Å². The number of fused-ring (bicyclic) bond motifs is 3. The standard InChI is InChI=1S/C15H17NO2/c1-8-7-12-13(18-8)6-5-11-9(2)10(3)15(17)16(4)14(11)12/h5-6,8H,7H2,1-4H3. The van der Waals surface area contributed by atoms with Crippen LogP contribution in [0.2, 0.25) is 0 Å². The number of hydrogen-bond donors (Lipinski definition) is 0. The fraction of sp³-hybridized carbons (Fsp3) is 0.400. The van der Waals surface area contributed by atoms with Gasteiger partial charge in [0.05, 0.1) is 5.52 Å². The first-order valence-corrected chi connectivity index (χ1v) is 6.29. The van der Waals surface area contributed by atoms with E-state index in [0.29, 0.717) is 0 Å². The van der Waals surface area contributed by atoms with Crippen LogP contribution in [0.4, 0.5) is 0 Å². The topological polar surface area (TPSA) is 31.2 Å². The Hall–Kier alpha value is -1.77. The van der Waals surface area contributed by atoms with Crippen LogP contribution in [0.1, 0.15) is 23.6 Å². The van der Waals surface area contributed by atoms with Crippen molar-refractivity contribution in [2.75, 3.05) is 0 Å². The molecule has 0 N–H and O–H groups in total. The van der Waals surface area contributed by atoms with Crippen molar-refractivity contribution in [1.82, 2.24) is 4.57 Å². The predicted octanol–water partition coefficient (Wildman–Crippen LogP) is 2.48. The van der Waals surface area contributed by atoms with Gasteiger partial charge in [0.2, 0.25) is 0 Å². The molecule has 94 valence electrons. The average Bonchev–Trinajstić information content (AvgIpc) is 2.72. The van der Waals surface area contributed by atoms with Gasteiger partial charge < -0.3 is 9.30 Å². The zero-order chi connectivity index (χ0) is 13.0. The third-order valence-electron chi connectivity index (χ3n) is 3.99. The van der Waals surface area contributed by atoms with Gasteiger partial charge in [-0.05, 0) is 38.5 Å². The summed E-state index contributed by atoms with van der Waals surface area (Å²) < 4.78 is 7.53. The number of nitrogens with zero attached hydrogens (tertiary/aromatic N) is 1. The van der Waals surface area contributed by atoms with Gasteiger partial charge in [0.15, 0.2) is 0 Å². The van der Waals surface area contributed by atoms with Crippen LogP contribution in [0.25, 0.3) is 10.9 Å². The summed E-state index contributed by atoms with van der Waals surface area (Å²) in [7, 11) is 1.85. The van der Waals surface area contributed by atoms with Crippen LogP contribution in [-0.2, 0) is 13.5 Å². The summed E-state index contributed by atoms with van der Waals surface area (Å²) >= 11 is 0. The van der Waals surface area contributed by atoms with Gasteiger partial charge in [0.25, 0.3) is 5.56 Å². The van der Waals surface area contributed by atoms with Gasteiger partial charge >= 0.3 is 0 Å². The number of ether oxygens (including phenoxy) is 1. The van der Waals surface area contributed by atoms with Crippen LogP contribution in [-0.4, -0.2) is 10.7 Å². The summed E-state index contributed by atoms with van der Waals surface area (Å²) in [6, 6.07) is 4.09. The Bertz CT molecular complexity index is 713. The van der Waals surface area contributed by atoms with Gasteiger partial charge in [-0.25, -0.2) is 0 Å². The Labute approximate surface area is 106 Å². The average molecular weight is 243 g/mol. The third kappa shape index (κ3) is 1.33. The van der Waals surface area contributed by atoms with Crippen molar-refractivity contribution in [3.8, 4) is 5.75 Å². The van der Waals surface area contributed by atoms with E-state index in [0.717, 1.165) is 34.2 Å². The van der Waals surface area contributed by atoms with E-state index in [1.807, 2.05) is 27.0 Å². The molecule has 0 saturated heterocycles. The van der Waals surface area contributed by atoms with E-state index < -0.39 is 0 Å². The number of pyridine rings is 1. The molecule has 1 aliphatic rings. The molecular weight excluding hydrogens is 226 g/mol. The number of aromatic nitrogens is 1. The van der Waals surface area contributed by atoms with Crippen molar-refractivity contribution in [2.45, 2.75) is 33.3 Å². The second kappa shape index (κ2) is 3.61. The first kappa shape index (κ1) is 11.3. The highest BCUT2D eigenvalue weighted by atomic mass is 16.5. The lowest BCUT2D eigenvalue weighted by atomic mass is 10.00. The third-order valence-corrected chi connectivity index (χ3v) is 3.99. The van der Waals surface area contributed by atoms with E-state index in [1.165, 1.54) is 5.56 Å². The zero-order valence-corrected chi connectivity index (χ0v) is 11.2. The van der Waals surface area contributed by atoms with Crippen LogP contribution in [0.15, 0.2) is 16.9 Å². The lowest BCUT2D eigenvalue weighted by molar-refractivity contribution is 0.254. The summed E-state index contributed by atoms with van der Waals surface area (Å²) in [5.41, 5.74) is 4.20. The van der Waals surface area contributed by atoms with Crippen LogP contribution >= 0.6 is 0 Å². The lowest BCUT2D eigenvalue weighted by Crippen LogP contribution is -2.21. The van der Waals surface area contributed by atoms with Crippen molar-refractivity contribution in [3.63, 3.8) is 0 Å². The highest BCUT2D eigenvalue weighted by molar-refractivity contribution is 5.88. The van der Waals surface area contributed by atoms with E-state index >= 15 is 0 Å². The molecule has 0 aliphatic carbocycles. The molecule has 0 saturated carbocycles. The minimum absolute atomic E-state index is 0.0907. The summed E-state index contributed by atoms with van der Waals surface area (Å²) in [4.78, 5) is 12.2. The van der Waals surface area contributed by atoms with E-state index in [4.69, 9.17) is 4.74 Å². The molecule has 1 unspecified atom stereocenters. The quantitative estimate of drug-likeness (QED) is 0.711. The van der Waals surface area contributed by atoms with Crippen molar-refractivity contribution < 1.29 is 4.74 Å².